The van der Waals surface area contributed by atoms with Gasteiger partial charge < -0.3 is 10.1 Å². The minimum absolute atomic E-state index is 0.105. The number of nitrogens with one attached hydrogen (secondary N) is 1. The molecule has 1 N–H and O–H groups in total. The molecule has 3 aromatic carbocycles. The Morgan fingerprint density at radius 2 is 1.23 bits per heavy atom. The summed E-state index contributed by atoms with van der Waals surface area (Å²) in [5.41, 5.74) is 3.05. The molecule has 0 aromatic heterocycles. The van der Waals surface area contributed by atoms with Crippen LogP contribution in [-0.4, -0.2) is 11.9 Å². The van der Waals surface area contributed by atoms with Gasteiger partial charge in [-0.15, -0.1) is 0 Å². The normalized spacial score (nSPS) is 10.2. The first kappa shape index (κ1) is 17.4. The van der Waals surface area contributed by atoms with E-state index in [1.165, 1.54) is 0 Å². The number of ether oxygens (including phenoxy) is 1. The largest absolute Gasteiger partial charge is 0.457 e. The monoisotopic (exact) mass is 345 g/mol. The SMILES string of the molecule is O=C(NCc1ccc(COC(=O)c2ccccc2)cc1)c1ccccc1. The minimum atomic E-state index is -0.343. The lowest BCUT2D eigenvalue weighted by Crippen LogP contribution is -2.22. The van der Waals surface area contributed by atoms with Gasteiger partial charge in [0.15, 0.2) is 0 Å². The fourth-order valence-electron chi connectivity index (χ4n) is 2.43. The summed E-state index contributed by atoms with van der Waals surface area (Å²) in [6.07, 6.45) is 0. The van der Waals surface area contributed by atoms with E-state index in [2.05, 4.69) is 5.32 Å². The van der Waals surface area contributed by atoms with Gasteiger partial charge in [0, 0.05) is 12.1 Å². The minimum Gasteiger partial charge on any atom is -0.457 e. The van der Waals surface area contributed by atoms with Gasteiger partial charge in [-0.2, -0.15) is 0 Å². The van der Waals surface area contributed by atoms with E-state index in [1.54, 1.807) is 36.4 Å². The van der Waals surface area contributed by atoms with E-state index in [1.807, 2.05) is 48.5 Å². The van der Waals surface area contributed by atoms with Gasteiger partial charge >= 0.3 is 5.97 Å². The molecule has 0 bridgehead atoms. The summed E-state index contributed by atoms with van der Waals surface area (Å²) in [4.78, 5) is 24.0. The summed E-state index contributed by atoms with van der Waals surface area (Å²) < 4.78 is 5.30. The third-order valence-corrected chi connectivity index (χ3v) is 3.89. The molecule has 0 aliphatic heterocycles. The highest BCUT2D eigenvalue weighted by Gasteiger charge is 2.07. The lowest BCUT2D eigenvalue weighted by Gasteiger charge is -2.08. The van der Waals surface area contributed by atoms with E-state index < -0.39 is 0 Å². The Balaban J connectivity index is 1.49. The van der Waals surface area contributed by atoms with Gasteiger partial charge in [0.2, 0.25) is 0 Å². The molecule has 3 rings (SSSR count). The smallest absolute Gasteiger partial charge is 0.338 e. The summed E-state index contributed by atoms with van der Waals surface area (Å²) in [5.74, 6) is -0.448. The van der Waals surface area contributed by atoms with Crippen LogP contribution < -0.4 is 5.32 Å². The summed E-state index contributed by atoms with van der Waals surface area (Å²) >= 11 is 0. The molecule has 1 amide bonds. The fourth-order valence-corrected chi connectivity index (χ4v) is 2.43. The first-order chi connectivity index (χ1) is 12.7. The molecule has 26 heavy (non-hydrogen) atoms. The molecule has 0 spiro atoms. The van der Waals surface area contributed by atoms with Crippen molar-refractivity contribution in [3.05, 3.63) is 107 Å². The van der Waals surface area contributed by atoms with Gasteiger partial charge in [0.1, 0.15) is 6.61 Å². The number of esters is 1. The Hall–Kier alpha value is -3.40. The Labute approximate surface area is 152 Å². The number of hydrogen-bond donors (Lipinski definition) is 1. The van der Waals surface area contributed by atoms with Crippen LogP contribution in [0.1, 0.15) is 31.8 Å². The molecule has 0 radical (unpaired) electrons. The molecule has 0 saturated carbocycles. The van der Waals surface area contributed by atoms with Crippen LogP contribution in [0.15, 0.2) is 84.9 Å². The molecule has 0 saturated heterocycles. The van der Waals surface area contributed by atoms with Crippen molar-refractivity contribution in [1.29, 1.82) is 0 Å². The van der Waals surface area contributed by atoms with Crippen molar-refractivity contribution in [1.82, 2.24) is 5.32 Å². The van der Waals surface area contributed by atoms with Gasteiger partial charge in [-0.25, -0.2) is 4.79 Å². The topological polar surface area (TPSA) is 55.4 Å². The van der Waals surface area contributed by atoms with E-state index in [-0.39, 0.29) is 18.5 Å². The highest BCUT2D eigenvalue weighted by atomic mass is 16.5. The average molecular weight is 345 g/mol. The quantitative estimate of drug-likeness (QED) is 0.688. The van der Waals surface area contributed by atoms with E-state index in [0.717, 1.165) is 11.1 Å². The molecule has 0 aliphatic carbocycles. The third kappa shape index (κ3) is 4.80. The second kappa shape index (κ2) is 8.62. The molecular weight excluding hydrogens is 326 g/mol. The molecule has 0 heterocycles. The standard InChI is InChI=1S/C22H19NO3/c24-21(19-7-3-1-4-8-19)23-15-17-11-13-18(14-12-17)16-26-22(25)20-9-5-2-6-10-20/h1-14H,15-16H2,(H,23,24). The van der Waals surface area contributed by atoms with Crippen molar-refractivity contribution in [3.8, 4) is 0 Å². The van der Waals surface area contributed by atoms with E-state index in [9.17, 15) is 9.59 Å². The summed E-state index contributed by atoms with van der Waals surface area (Å²) in [6.45, 7) is 0.655. The summed E-state index contributed by atoms with van der Waals surface area (Å²) in [6, 6.07) is 25.6. The lowest BCUT2D eigenvalue weighted by molar-refractivity contribution is 0.0472. The van der Waals surface area contributed by atoms with Crippen LogP contribution in [0.25, 0.3) is 0 Å². The highest BCUT2D eigenvalue weighted by molar-refractivity contribution is 5.94. The summed E-state index contributed by atoms with van der Waals surface area (Å²) in [5, 5.41) is 2.88. The number of amides is 1. The number of rotatable bonds is 6. The van der Waals surface area contributed by atoms with Crippen LogP contribution in [0, 0.1) is 0 Å². The van der Waals surface area contributed by atoms with Crippen LogP contribution in [0.5, 0.6) is 0 Å². The Morgan fingerprint density at radius 3 is 1.85 bits per heavy atom. The number of hydrogen-bond acceptors (Lipinski definition) is 3. The predicted molar refractivity (Wildman–Crippen MR) is 99.6 cm³/mol. The number of benzene rings is 3. The first-order valence-electron chi connectivity index (χ1n) is 8.35. The molecular formula is C22H19NO3. The van der Waals surface area contributed by atoms with Gasteiger partial charge in [0.05, 0.1) is 5.56 Å². The Kier molecular flexibility index (Phi) is 5.78. The zero-order valence-electron chi connectivity index (χ0n) is 14.2. The van der Waals surface area contributed by atoms with Crippen molar-refractivity contribution in [3.63, 3.8) is 0 Å². The van der Waals surface area contributed by atoms with Crippen LogP contribution >= 0.6 is 0 Å². The van der Waals surface area contributed by atoms with Gasteiger partial charge in [-0.1, -0.05) is 60.7 Å². The maximum Gasteiger partial charge on any atom is 0.338 e. The van der Waals surface area contributed by atoms with Gasteiger partial charge in [-0.3, -0.25) is 4.79 Å². The molecule has 0 atom stereocenters. The predicted octanol–water partition coefficient (Wildman–Crippen LogP) is 3.97. The highest BCUT2D eigenvalue weighted by Crippen LogP contribution is 2.09. The maximum absolute atomic E-state index is 12.0. The van der Waals surface area contributed by atoms with Crippen molar-refractivity contribution in [2.45, 2.75) is 13.2 Å². The van der Waals surface area contributed by atoms with Crippen molar-refractivity contribution in [2.24, 2.45) is 0 Å². The van der Waals surface area contributed by atoms with Crippen molar-refractivity contribution in [2.75, 3.05) is 0 Å². The van der Waals surface area contributed by atoms with Crippen molar-refractivity contribution >= 4 is 11.9 Å². The molecule has 4 heteroatoms. The van der Waals surface area contributed by atoms with Crippen LogP contribution in [0.4, 0.5) is 0 Å². The zero-order valence-corrected chi connectivity index (χ0v) is 14.2. The molecule has 0 aliphatic rings. The van der Waals surface area contributed by atoms with Crippen molar-refractivity contribution < 1.29 is 14.3 Å². The first-order valence-corrected chi connectivity index (χ1v) is 8.35. The molecule has 130 valence electrons. The van der Waals surface area contributed by atoms with Gasteiger partial charge in [-0.05, 0) is 35.4 Å². The number of carbonyl (C=O) groups is 2. The Bertz CT molecular complexity index is 784. The molecule has 0 fully saturated rings. The second-order valence-corrected chi connectivity index (χ2v) is 5.81. The van der Waals surface area contributed by atoms with E-state index in [4.69, 9.17) is 4.74 Å². The van der Waals surface area contributed by atoms with Crippen LogP contribution in [0.3, 0.4) is 0 Å². The van der Waals surface area contributed by atoms with E-state index >= 15 is 0 Å². The summed E-state index contributed by atoms with van der Waals surface area (Å²) in [7, 11) is 0. The zero-order chi connectivity index (χ0) is 18.2. The van der Waals surface area contributed by atoms with E-state index in [0.29, 0.717) is 17.7 Å². The molecule has 4 nitrogen and oxygen atoms in total. The fraction of sp³-hybridized carbons (Fsp3) is 0.0909. The van der Waals surface area contributed by atoms with Gasteiger partial charge in [0.25, 0.3) is 5.91 Å². The average Bonchev–Trinajstić information content (AvgIpc) is 2.72. The third-order valence-electron chi connectivity index (χ3n) is 3.89. The van der Waals surface area contributed by atoms with Crippen LogP contribution in [0.2, 0.25) is 0 Å². The molecule has 0 unspecified atom stereocenters. The maximum atomic E-state index is 12.0. The molecule has 3 aromatic rings. The Morgan fingerprint density at radius 1 is 0.692 bits per heavy atom. The number of carbonyl (C=O) groups excluding carboxylic acids is 2. The second-order valence-electron chi connectivity index (χ2n) is 5.81. The lowest BCUT2D eigenvalue weighted by atomic mass is 10.1. The van der Waals surface area contributed by atoms with Crippen LogP contribution in [-0.2, 0) is 17.9 Å².